The molecule has 90 valence electrons. The van der Waals surface area contributed by atoms with Crippen LogP contribution in [0.5, 0.6) is 0 Å². The third kappa shape index (κ3) is 2.45. The van der Waals surface area contributed by atoms with E-state index in [9.17, 15) is 0 Å². The molecule has 0 fully saturated rings. The zero-order valence-electron chi connectivity index (χ0n) is 11.8. The first kappa shape index (κ1) is 13.2. The zero-order valence-corrected chi connectivity index (χ0v) is 11.8. The van der Waals surface area contributed by atoms with Crippen molar-refractivity contribution in [2.24, 2.45) is 0 Å². The molecule has 16 heavy (non-hydrogen) atoms. The van der Waals surface area contributed by atoms with Crippen LogP contribution in [-0.4, -0.2) is 4.98 Å². The monoisotopic (exact) mass is 219 g/mol. The molecule has 0 atom stereocenters. The SMILES string of the molecule is Cc1cnc(C(C)C)c(C(C)C)c1C(C)C. The standard InChI is InChI=1S/C15H25N/c1-9(2)13-12(7)8-16-15(11(5)6)14(13)10(3)4/h8-11H,1-7H3. The summed E-state index contributed by atoms with van der Waals surface area (Å²) in [4.78, 5) is 4.64. The van der Waals surface area contributed by atoms with Crippen LogP contribution in [0.15, 0.2) is 6.20 Å². The second kappa shape index (κ2) is 4.99. The predicted octanol–water partition coefficient (Wildman–Crippen LogP) is 4.76. The van der Waals surface area contributed by atoms with Crippen molar-refractivity contribution in [3.05, 3.63) is 28.6 Å². The Morgan fingerprint density at radius 1 is 0.812 bits per heavy atom. The fourth-order valence-corrected chi connectivity index (χ4v) is 2.49. The van der Waals surface area contributed by atoms with Crippen molar-refractivity contribution in [3.8, 4) is 0 Å². The summed E-state index contributed by atoms with van der Waals surface area (Å²) in [6, 6.07) is 0. The summed E-state index contributed by atoms with van der Waals surface area (Å²) in [7, 11) is 0. The lowest BCUT2D eigenvalue weighted by molar-refractivity contribution is 0.718. The maximum atomic E-state index is 4.64. The topological polar surface area (TPSA) is 12.9 Å². The van der Waals surface area contributed by atoms with Gasteiger partial charge in [-0.15, -0.1) is 0 Å². The van der Waals surface area contributed by atoms with E-state index < -0.39 is 0 Å². The predicted molar refractivity (Wildman–Crippen MR) is 71.2 cm³/mol. The van der Waals surface area contributed by atoms with Gasteiger partial charge in [-0.1, -0.05) is 41.5 Å². The number of nitrogens with zero attached hydrogens (tertiary/aromatic N) is 1. The van der Waals surface area contributed by atoms with Gasteiger partial charge in [-0.25, -0.2) is 0 Å². The summed E-state index contributed by atoms with van der Waals surface area (Å²) in [5.41, 5.74) is 5.60. The van der Waals surface area contributed by atoms with Gasteiger partial charge in [-0.3, -0.25) is 4.98 Å². The summed E-state index contributed by atoms with van der Waals surface area (Å²) < 4.78 is 0. The molecule has 1 heterocycles. The molecule has 0 aliphatic heterocycles. The molecule has 0 saturated carbocycles. The van der Waals surface area contributed by atoms with Crippen molar-refractivity contribution in [2.45, 2.75) is 66.2 Å². The number of pyridine rings is 1. The van der Waals surface area contributed by atoms with Crippen LogP contribution in [0.2, 0.25) is 0 Å². The Bertz CT molecular complexity index is 362. The Labute approximate surface area is 100 Å². The molecule has 0 aromatic carbocycles. The van der Waals surface area contributed by atoms with Gasteiger partial charge >= 0.3 is 0 Å². The Kier molecular flexibility index (Phi) is 4.12. The second-order valence-electron chi connectivity index (χ2n) is 5.62. The average molecular weight is 219 g/mol. The van der Waals surface area contributed by atoms with Gasteiger partial charge in [0, 0.05) is 11.9 Å². The first-order valence-electron chi connectivity index (χ1n) is 6.35. The van der Waals surface area contributed by atoms with Gasteiger partial charge < -0.3 is 0 Å². The maximum Gasteiger partial charge on any atom is 0.0466 e. The molecule has 0 aliphatic rings. The van der Waals surface area contributed by atoms with Crippen LogP contribution in [0.1, 0.15) is 81.7 Å². The van der Waals surface area contributed by atoms with E-state index in [1.165, 1.54) is 22.4 Å². The Morgan fingerprint density at radius 2 is 1.31 bits per heavy atom. The van der Waals surface area contributed by atoms with Crippen LogP contribution in [0, 0.1) is 6.92 Å². The van der Waals surface area contributed by atoms with Crippen molar-refractivity contribution in [3.63, 3.8) is 0 Å². The van der Waals surface area contributed by atoms with E-state index in [0.29, 0.717) is 17.8 Å². The van der Waals surface area contributed by atoms with Crippen molar-refractivity contribution in [1.82, 2.24) is 4.98 Å². The Morgan fingerprint density at radius 3 is 1.69 bits per heavy atom. The molecular formula is C15H25N. The lowest BCUT2D eigenvalue weighted by Gasteiger charge is -2.23. The van der Waals surface area contributed by atoms with Crippen molar-refractivity contribution in [2.75, 3.05) is 0 Å². The maximum absolute atomic E-state index is 4.64. The molecular weight excluding hydrogens is 194 g/mol. The fraction of sp³-hybridized carbons (Fsp3) is 0.667. The largest absolute Gasteiger partial charge is 0.260 e. The minimum atomic E-state index is 0.510. The average Bonchev–Trinajstić information content (AvgIpc) is 2.15. The van der Waals surface area contributed by atoms with E-state index in [1.807, 2.05) is 6.20 Å². The van der Waals surface area contributed by atoms with E-state index in [1.54, 1.807) is 0 Å². The molecule has 0 aliphatic carbocycles. The molecule has 0 radical (unpaired) electrons. The number of aryl methyl sites for hydroxylation is 1. The molecule has 1 nitrogen and oxygen atoms in total. The van der Waals surface area contributed by atoms with Crippen LogP contribution in [0.3, 0.4) is 0 Å². The molecule has 0 spiro atoms. The van der Waals surface area contributed by atoms with E-state index in [4.69, 9.17) is 0 Å². The van der Waals surface area contributed by atoms with Gasteiger partial charge in [0.25, 0.3) is 0 Å². The highest BCUT2D eigenvalue weighted by atomic mass is 14.7. The van der Waals surface area contributed by atoms with Crippen molar-refractivity contribution in [1.29, 1.82) is 0 Å². The molecule has 0 bridgehead atoms. The molecule has 1 aromatic heterocycles. The summed E-state index contributed by atoms with van der Waals surface area (Å²) in [5.74, 6) is 1.65. The zero-order chi connectivity index (χ0) is 12.5. The molecule has 1 rings (SSSR count). The van der Waals surface area contributed by atoms with Gasteiger partial charge in [0.1, 0.15) is 0 Å². The third-order valence-corrected chi connectivity index (χ3v) is 3.09. The number of hydrogen-bond acceptors (Lipinski definition) is 1. The lowest BCUT2D eigenvalue weighted by atomic mass is 9.84. The second-order valence-corrected chi connectivity index (χ2v) is 5.62. The smallest absolute Gasteiger partial charge is 0.0466 e. The van der Waals surface area contributed by atoms with E-state index in [2.05, 4.69) is 53.5 Å². The lowest BCUT2D eigenvalue weighted by Crippen LogP contribution is -2.09. The van der Waals surface area contributed by atoms with E-state index in [0.717, 1.165) is 0 Å². The van der Waals surface area contributed by atoms with E-state index >= 15 is 0 Å². The highest BCUT2D eigenvalue weighted by molar-refractivity contribution is 5.41. The number of hydrogen-bond donors (Lipinski definition) is 0. The molecule has 0 unspecified atom stereocenters. The molecule has 0 saturated heterocycles. The Balaban J connectivity index is 3.50. The first-order chi connectivity index (χ1) is 7.36. The summed E-state index contributed by atoms with van der Waals surface area (Å²) in [5, 5.41) is 0. The minimum absolute atomic E-state index is 0.510. The van der Waals surface area contributed by atoms with Crippen LogP contribution in [0.4, 0.5) is 0 Å². The number of aromatic nitrogens is 1. The minimum Gasteiger partial charge on any atom is -0.260 e. The Hall–Kier alpha value is -0.850. The fourth-order valence-electron chi connectivity index (χ4n) is 2.49. The highest BCUT2D eigenvalue weighted by Crippen LogP contribution is 2.33. The van der Waals surface area contributed by atoms with Crippen LogP contribution < -0.4 is 0 Å². The highest BCUT2D eigenvalue weighted by Gasteiger charge is 2.19. The molecule has 1 aromatic rings. The summed E-state index contributed by atoms with van der Waals surface area (Å²) in [6.07, 6.45) is 2.04. The van der Waals surface area contributed by atoms with Gasteiger partial charge in [0.15, 0.2) is 0 Å². The van der Waals surface area contributed by atoms with Crippen LogP contribution in [0.25, 0.3) is 0 Å². The molecule has 0 amide bonds. The van der Waals surface area contributed by atoms with Gasteiger partial charge in [0.2, 0.25) is 0 Å². The first-order valence-corrected chi connectivity index (χ1v) is 6.35. The van der Waals surface area contributed by atoms with Gasteiger partial charge in [-0.2, -0.15) is 0 Å². The molecule has 0 N–H and O–H groups in total. The van der Waals surface area contributed by atoms with E-state index in [-0.39, 0.29) is 0 Å². The number of rotatable bonds is 3. The van der Waals surface area contributed by atoms with Crippen LogP contribution >= 0.6 is 0 Å². The van der Waals surface area contributed by atoms with Gasteiger partial charge in [-0.05, 0) is 41.4 Å². The normalized spacial score (nSPS) is 11.9. The summed E-state index contributed by atoms with van der Waals surface area (Å²) >= 11 is 0. The summed E-state index contributed by atoms with van der Waals surface area (Å²) in [6.45, 7) is 15.7. The van der Waals surface area contributed by atoms with Gasteiger partial charge in [0.05, 0.1) is 0 Å². The third-order valence-electron chi connectivity index (χ3n) is 3.09. The van der Waals surface area contributed by atoms with Crippen molar-refractivity contribution < 1.29 is 0 Å². The quantitative estimate of drug-likeness (QED) is 0.714. The van der Waals surface area contributed by atoms with Crippen LogP contribution in [-0.2, 0) is 0 Å². The molecule has 1 heteroatoms. The van der Waals surface area contributed by atoms with Crippen molar-refractivity contribution >= 4 is 0 Å².